The van der Waals surface area contributed by atoms with Crippen LogP contribution in [-0.4, -0.2) is 53.0 Å². The molecule has 3 aliphatic rings. The average Bonchev–Trinajstić information content (AvgIpc) is 3.36. The van der Waals surface area contributed by atoms with E-state index in [1.165, 1.54) is 0 Å². The molecule has 0 saturated carbocycles. The average molecular weight is 503 g/mol. The van der Waals surface area contributed by atoms with E-state index in [-0.39, 0.29) is 11.8 Å². The highest BCUT2D eigenvalue weighted by atomic mass is 32.2. The van der Waals surface area contributed by atoms with Crippen molar-refractivity contribution in [1.82, 2.24) is 4.90 Å². The summed E-state index contributed by atoms with van der Waals surface area (Å²) in [6.07, 6.45) is 1.25. The lowest BCUT2D eigenvalue weighted by molar-refractivity contribution is -0.181. The van der Waals surface area contributed by atoms with Gasteiger partial charge < -0.3 is 19.3 Å². The standard InChI is InChI=1S/C28H26N2O5S/c31-26(29-14-12-28(13-15-29)34-16-17-35-28)21-10-11-25-23(18-21)30(19-20-6-2-1-3-7-20)27(32)22-8-4-5-9-24(22)36(25)33/h1-11,18H,12-17,19H2/t36-/m1/s1. The van der Waals surface area contributed by atoms with Crippen LogP contribution in [0.25, 0.3) is 0 Å². The number of carbonyl (C=O) groups excluding carboxylic acids is 2. The molecule has 0 aromatic heterocycles. The number of hydrogen-bond acceptors (Lipinski definition) is 5. The van der Waals surface area contributed by atoms with Crippen molar-refractivity contribution in [3.63, 3.8) is 0 Å². The summed E-state index contributed by atoms with van der Waals surface area (Å²) >= 11 is 0. The first-order valence-electron chi connectivity index (χ1n) is 12.1. The first-order valence-corrected chi connectivity index (χ1v) is 13.3. The number of nitrogens with zero attached hydrogens (tertiary/aromatic N) is 2. The van der Waals surface area contributed by atoms with E-state index in [0.717, 1.165) is 5.56 Å². The second-order valence-corrected chi connectivity index (χ2v) is 10.6. The highest BCUT2D eigenvalue weighted by Crippen LogP contribution is 2.37. The van der Waals surface area contributed by atoms with Crippen molar-refractivity contribution in [2.24, 2.45) is 0 Å². The molecule has 3 heterocycles. The highest BCUT2D eigenvalue weighted by molar-refractivity contribution is 7.85. The van der Waals surface area contributed by atoms with Crippen LogP contribution in [0.15, 0.2) is 82.6 Å². The fourth-order valence-corrected chi connectivity index (χ4v) is 6.48. The van der Waals surface area contributed by atoms with Gasteiger partial charge in [0.15, 0.2) is 5.79 Å². The largest absolute Gasteiger partial charge is 0.347 e. The number of fused-ring (bicyclic) bond motifs is 2. The Kier molecular flexibility index (Phi) is 5.95. The molecule has 0 bridgehead atoms. The van der Waals surface area contributed by atoms with Gasteiger partial charge in [0.05, 0.1) is 51.6 Å². The van der Waals surface area contributed by atoms with Crippen LogP contribution in [0.5, 0.6) is 0 Å². The molecule has 3 aliphatic heterocycles. The van der Waals surface area contributed by atoms with Gasteiger partial charge in [-0.05, 0) is 35.9 Å². The molecule has 7 nitrogen and oxygen atoms in total. The molecule has 8 heteroatoms. The maximum atomic E-state index is 13.7. The van der Waals surface area contributed by atoms with E-state index in [1.54, 1.807) is 52.3 Å². The van der Waals surface area contributed by atoms with E-state index in [4.69, 9.17) is 9.47 Å². The minimum absolute atomic E-state index is 0.120. The molecular weight excluding hydrogens is 476 g/mol. The summed E-state index contributed by atoms with van der Waals surface area (Å²) in [6, 6.07) is 21.8. The van der Waals surface area contributed by atoms with Gasteiger partial charge in [-0.3, -0.25) is 9.59 Å². The number of amides is 2. The smallest absolute Gasteiger partial charge is 0.259 e. The lowest BCUT2D eigenvalue weighted by Gasteiger charge is -2.37. The lowest BCUT2D eigenvalue weighted by atomic mass is 10.0. The monoisotopic (exact) mass is 502 g/mol. The molecule has 2 amide bonds. The highest BCUT2D eigenvalue weighted by Gasteiger charge is 2.41. The van der Waals surface area contributed by atoms with Crippen molar-refractivity contribution in [2.45, 2.75) is 35.0 Å². The Morgan fingerprint density at radius 1 is 0.889 bits per heavy atom. The molecule has 1 atom stereocenters. The third-order valence-electron chi connectivity index (χ3n) is 7.07. The number of rotatable bonds is 3. The van der Waals surface area contributed by atoms with Crippen LogP contribution < -0.4 is 4.90 Å². The van der Waals surface area contributed by atoms with E-state index in [1.807, 2.05) is 30.3 Å². The van der Waals surface area contributed by atoms with E-state index in [2.05, 4.69) is 0 Å². The molecular formula is C28H26N2O5S. The molecule has 2 fully saturated rings. The van der Waals surface area contributed by atoms with Gasteiger partial charge in [0.2, 0.25) is 0 Å². The third kappa shape index (κ3) is 4.05. The SMILES string of the molecule is O=C(c1ccc2c(c1)N(Cc1ccccc1)C(=O)c1ccccc1[S@]2=O)N1CCC2(CC1)OCCO2. The topological polar surface area (TPSA) is 76.2 Å². The molecule has 36 heavy (non-hydrogen) atoms. The lowest BCUT2D eigenvalue weighted by Crippen LogP contribution is -2.47. The van der Waals surface area contributed by atoms with Crippen LogP contribution in [0.3, 0.4) is 0 Å². The number of anilines is 1. The first kappa shape index (κ1) is 23.1. The number of benzene rings is 3. The van der Waals surface area contributed by atoms with E-state index < -0.39 is 16.6 Å². The third-order valence-corrected chi connectivity index (χ3v) is 8.57. The van der Waals surface area contributed by atoms with Crippen LogP contribution in [0.2, 0.25) is 0 Å². The molecule has 0 radical (unpaired) electrons. The first-order chi connectivity index (χ1) is 17.5. The maximum Gasteiger partial charge on any atom is 0.259 e. The summed E-state index contributed by atoms with van der Waals surface area (Å²) in [5.41, 5.74) is 2.32. The molecule has 3 aromatic rings. The Hall–Kier alpha value is -3.33. The minimum atomic E-state index is -1.56. The van der Waals surface area contributed by atoms with Crippen molar-refractivity contribution in [3.05, 3.63) is 89.5 Å². The Labute approximate surface area is 212 Å². The predicted molar refractivity (Wildman–Crippen MR) is 134 cm³/mol. The Morgan fingerprint density at radius 3 is 2.33 bits per heavy atom. The second kappa shape index (κ2) is 9.28. The Balaban J connectivity index is 1.36. The number of hydrogen-bond donors (Lipinski definition) is 0. The van der Waals surface area contributed by atoms with Crippen molar-refractivity contribution < 1.29 is 23.3 Å². The zero-order valence-corrected chi connectivity index (χ0v) is 20.5. The quantitative estimate of drug-likeness (QED) is 0.541. The summed E-state index contributed by atoms with van der Waals surface area (Å²) in [5, 5.41) is 0. The molecule has 0 unspecified atom stereocenters. The van der Waals surface area contributed by atoms with Gasteiger partial charge in [0, 0.05) is 31.5 Å². The minimum Gasteiger partial charge on any atom is -0.347 e. The molecule has 184 valence electrons. The number of likely N-dealkylation sites (tertiary alicyclic amines) is 1. The van der Waals surface area contributed by atoms with Crippen LogP contribution in [0.1, 0.15) is 39.1 Å². The van der Waals surface area contributed by atoms with Gasteiger partial charge >= 0.3 is 0 Å². The van der Waals surface area contributed by atoms with Crippen LogP contribution >= 0.6 is 0 Å². The van der Waals surface area contributed by atoms with Crippen LogP contribution in [-0.2, 0) is 26.8 Å². The fourth-order valence-electron chi connectivity index (χ4n) is 5.14. The van der Waals surface area contributed by atoms with E-state index >= 15 is 0 Å². The van der Waals surface area contributed by atoms with Gasteiger partial charge in [-0.2, -0.15) is 0 Å². The molecule has 0 aliphatic carbocycles. The summed E-state index contributed by atoms with van der Waals surface area (Å²) in [7, 11) is -1.56. The second-order valence-electron chi connectivity index (χ2n) is 9.22. The zero-order chi connectivity index (χ0) is 24.7. The number of ether oxygens (including phenoxy) is 2. The van der Waals surface area contributed by atoms with E-state index in [9.17, 15) is 13.8 Å². The summed E-state index contributed by atoms with van der Waals surface area (Å²) in [6.45, 7) is 2.53. The van der Waals surface area contributed by atoms with Gasteiger partial charge in [0.1, 0.15) is 0 Å². The maximum absolute atomic E-state index is 13.7. The molecule has 0 N–H and O–H groups in total. The molecule has 6 rings (SSSR count). The van der Waals surface area contributed by atoms with Crippen molar-refractivity contribution in [1.29, 1.82) is 0 Å². The summed E-state index contributed by atoms with van der Waals surface area (Å²) in [4.78, 5) is 31.7. The normalized spacial score (nSPS) is 20.7. The van der Waals surface area contributed by atoms with Crippen LogP contribution in [0.4, 0.5) is 5.69 Å². The van der Waals surface area contributed by atoms with E-state index in [0.29, 0.717) is 72.3 Å². The van der Waals surface area contributed by atoms with Gasteiger partial charge in [-0.15, -0.1) is 0 Å². The predicted octanol–water partition coefficient (Wildman–Crippen LogP) is 3.99. The van der Waals surface area contributed by atoms with Crippen LogP contribution in [0, 0.1) is 0 Å². The summed E-state index contributed by atoms with van der Waals surface area (Å²) < 4.78 is 25.2. The summed E-state index contributed by atoms with van der Waals surface area (Å²) in [5.74, 6) is -0.918. The Morgan fingerprint density at radius 2 is 1.58 bits per heavy atom. The van der Waals surface area contributed by atoms with Gasteiger partial charge in [0.25, 0.3) is 11.8 Å². The number of carbonyl (C=O) groups is 2. The van der Waals surface area contributed by atoms with Gasteiger partial charge in [-0.1, -0.05) is 42.5 Å². The number of piperidine rings is 1. The fraction of sp³-hybridized carbons (Fsp3) is 0.286. The van der Waals surface area contributed by atoms with Crippen molar-refractivity contribution in [2.75, 3.05) is 31.2 Å². The van der Waals surface area contributed by atoms with Crippen molar-refractivity contribution in [3.8, 4) is 0 Å². The molecule has 3 aromatic carbocycles. The Bertz CT molecular complexity index is 1340. The van der Waals surface area contributed by atoms with Crippen molar-refractivity contribution >= 4 is 28.3 Å². The molecule has 2 saturated heterocycles. The zero-order valence-electron chi connectivity index (χ0n) is 19.7. The molecule has 1 spiro atoms. The van der Waals surface area contributed by atoms with Gasteiger partial charge in [-0.25, -0.2) is 4.21 Å².